The van der Waals surface area contributed by atoms with Gasteiger partial charge in [0.05, 0.1) is 17.5 Å². The summed E-state index contributed by atoms with van der Waals surface area (Å²) in [6.45, 7) is 3.42. The Kier molecular flexibility index (Phi) is 4.78. The second-order valence-corrected chi connectivity index (χ2v) is 5.45. The number of anilines is 1. The molecule has 0 saturated heterocycles. The van der Waals surface area contributed by atoms with Crippen LogP contribution in [0.4, 0.5) is 5.82 Å². The molecule has 0 amide bonds. The summed E-state index contributed by atoms with van der Waals surface area (Å²) in [6, 6.07) is 5.68. The molecule has 0 fully saturated rings. The van der Waals surface area contributed by atoms with Gasteiger partial charge in [-0.05, 0) is 18.6 Å². The highest BCUT2D eigenvalue weighted by Gasteiger charge is 2.01. The highest BCUT2D eigenvalue weighted by atomic mass is 35.5. The normalized spacial score (nSPS) is 10.3. The number of hydrogen-bond donors (Lipinski definition) is 1. The van der Waals surface area contributed by atoms with E-state index in [4.69, 9.17) is 16.3 Å². The van der Waals surface area contributed by atoms with Crippen molar-refractivity contribution in [2.24, 2.45) is 0 Å². The molecule has 6 heteroatoms. The zero-order chi connectivity index (χ0) is 12.8. The Morgan fingerprint density at radius 3 is 3.00 bits per heavy atom. The molecular formula is C12H14ClN3OS. The maximum atomic E-state index is 5.87. The first-order chi connectivity index (χ1) is 8.78. The summed E-state index contributed by atoms with van der Waals surface area (Å²) in [5, 5.41) is 3.21. The van der Waals surface area contributed by atoms with Gasteiger partial charge in [-0.25, -0.2) is 9.97 Å². The lowest BCUT2D eigenvalue weighted by atomic mass is 10.4. The molecule has 4 nitrogen and oxygen atoms in total. The summed E-state index contributed by atoms with van der Waals surface area (Å²) in [7, 11) is 0. The first-order valence-electron chi connectivity index (χ1n) is 5.71. The molecule has 1 N–H and O–H groups in total. The molecule has 0 saturated carbocycles. The molecule has 0 aliphatic rings. The Hall–Kier alpha value is -1.33. The van der Waals surface area contributed by atoms with Gasteiger partial charge in [-0.1, -0.05) is 18.5 Å². The Morgan fingerprint density at radius 2 is 2.28 bits per heavy atom. The van der Waals surface area contributed by atoms with Crippen molar-refractivity contribution in [1.82, 2.24) is 9.97 Å². The molecule has 0 bridgehead atoms. The van der Waals surface area contributed by atoms with Gasteiger partial charge in [0.15, 0.2) is 0 Å². The zero-order valence-electron chi connectivity index (χ0n) is 10.0. The van der Waals surface area contributed by atoms with Gasteiger partial charge in [0.2, 0.25) is 5.88 Å². The van der Waals surface area contributed by atoms with Gasteiger partial charge in [0, 0.05) is 10.9 Å². The minimum atomic E-state index is 0.596. The third-order valence-corrected chi connectivity index (χ3v) is 3.40. The van der Waals surface area contributed by atoms with E-state index in [2.05, 4.69) is 22.2 Å². The topological polar surface area (TPSA) is 47.0 Å². The van der Waals surface area contributed by atoms with Gasteiger partial charge in [0.25, 0.3) is 0 Å². The van der Waals surface area contributed by atoms with Crippen molar-refractivity contribution in [3.8, 4) is 5.88 Å². The number of ether oxygens (including phenoxy) is 1. The molecule has 0 spiro atoms. The highest BCUT2D eigenvalue weighted by molar-refractivity contribution is 7.16. The average molecular weight is 284 g/mol. The predicted octanol–water partition coefficient (Wildman–Crippen LogP) is 3.59. The fourth-order valence-electron chi connectivity index (χ4n) is 1.35. The van der Waals surface area contributed by atoms with Crippen molar-refractivity contribution < 1.29 is 4.74 Å². The quantitative estimate of drug-likeness (QED) is 0.880. The fraction of sp³-hybridized carbons (Fsp3) is 0.333. The Balaban J connectivity index is 1.92. The number of hydrogen-bond acceptors (Lipinski definition) is 5. The van der Waals surface area contributed by atoms with Gasteiger partial charge in [-0.3, -0.25) is 0 Å². The summed E-state index contributed by atoms with van der Waals surface area (Å²) in [6.07, 6.45) is 2.45. The van der Waals surface area contributed by atoms with Crippen molar-refractivity contribution in [3.05, 3.63) is 33.7 Å². The van der Waals surface area contributed by atoms with E-state index in [0.717, 1.165) is 21.5 Å². The van der Waals surface area contributed by atoms with Crippen molar-refractivity contribution in [2.75, 3.05) is 11.9 Å². The van der Waals surface area contributed by atoms with E-state index in [9.17, 15) is 0 Å². The molecular weight excluding hydrogens is 270 g/mol. The van der Waals surface area contributed by atoms with Crippen molar-refractivity contribution in [1.29, 1.82) is 0 Å². The predicted molar refractivity (Wildman–Crippen MR) is 74.5 cm³/mol. The summed E-state index contributed by atoms with van der Waals surface area (Å²) >= 11 is 7.42. The Morgan fingerprint density at radius 1 is 1.39 bits per heavy atom. The molecule has 2 aromatic rings. The van der Waals surface area contributed by atoms with Gasteiger partial charge in [-0.2, -0.15) is 0 Å². The Labute approximate surface area is 115 Å². The van der Waals surface area contributed by atoms with Crippen LogP contribution in [-0.4, -0.2) is 16.6 Å². The van der Waals surface area contributed by atoms with Gasteiger partial charge in [0.1, 0.15) is 12.1 Å². The molecule has 2 aromatic heterocycles. The van der Waals surface area contributed by atoms with Crippen LogP contribution in [0.25, 0.3) is 0 Å². The summed E-state index contributed by atoms with van der Waals surface area (Å²) < 4.78 is 6.24. The average Bonchev–Trinajstić information content (AvgIpc) is 2.80. The van der Waals surface area contributed by atoms with E-state index >= 15 is 0 Å². The molecule has 2 rings (SSSR count). The Bertz CT molecular complexity index is 504. The van der Waals surface area contributed by atoms with E-state index in [1.165, 1.54) is 6.33 Å². The van der Waals surface area contributed by atoms with E-state index in [1.807, 2.05) is 12.1 Å². The van der Waals surface area contributed by atoms with E-state index in [0.29, 0.717) is 19.0 Å². The van der Waals surface area contributed by atoms with Crippen LogP contribution in [0, 0.1) is 0 Å². The van der Waals surface area contributed by atoms with Crippen molar-refractivity contribution >= 4 is 28.8 Å². The molecule has 0 aromatic carbocycles. The van der Waals surface area contributed by atoms with Crippen molar-refractivity contribution in [3.63, 3.8) is 0 Å². The minimum absolute atomic E-state index is 0.596. The summed E-state index contributed by atoms with van der Waals surface area (Å²) in [4.78, 5) is 9.34. The van der Waals surface area contributed by atoms with E-state index in [1.54, 1.807) is 17.4 Å². The SMILES string of the molecule is CCCOc1cc(NCc2ccc(Cl)s2)ncn1. The lowest BCUT2D eigenvalue weighted by Crippen LogP contribution is -2.02. The first-order valence-corrected chi connectivity index (χ1v) is 6.90. The minimum Gasteiger partial charge on any atom is -0.478 e. The van der Waals surface area contributed by atoms with Crippen LogP contribution in [0.3, 0.4) is 0 Å². The zero-order valence-corrected chi connectivity index (χ0v) is 11.6. The molecule has 96 valence electrons. The van der Waals surface area contributed by atoms with Gasteiger partial charge >= 0.3 is 0 Å². The fourth-order valence-corrected chi connectivity index (χ4v) is 2.37. The number of thiophene rings is 1. The third kappa shape index (κ3) is 3.85. The second-order valence-electron chi connectivity index (χ2n) is 3.65. The van der Waals surface area contributed by atoms with Crippen LogP contribution in [-0.2, 0) is 6.54 Å². The molecule has 18 heavy (non-hydrogen) atoms. The van der Waals surface area contributed by atoms with Crippen LogP contribution >= 0.6 is 22.9 Å². The molecule has 0 radical (unpaired) electrons. The summed E-state index contributed by atoms with van der Waals surface area (Å²) in [5.41, 5.74) is 0. The molecule has 0 unspecified atom stereocenters. The lowest BCUT2D eigenvalue weighted by molar-refractivity contribution is 0.305. The number of nitrogens with zero attached hydrogens (tertiary/aromatic N) is 2. The maximum Gasteiger partial charge on any atom is 0.218 e. The number of rotatable bonds is 6. The van der Waals surface area contributed by atoms with E-state index < -0.39 is 0 Å². The number of aromatic nitrogens is 2. The number of nitrogens with one attached hydrogen (secondary N) is 1. The van der Waals surface area contributed by atoms with Crippen LogP contribution in [0.5, 0.6) is 5.88 Å². The van der Waals surface area contributed by atoms with Crippen LogP contribution in [0.1, 0.15) is 18.2 Å². The van der Waals surface area contributed by atoms with Crippen LogP contribution < -0.4 is 10.1 Å². The molecule has 2 heterocycles. The molecule has 0 atom stereocenters. The first kappa shape index (κ1) is 13.1. The van der Waals surface area contributed by atoms with E-state index in [-0.39, 0.29) is 0 Å². The molecule has 0 aliphatic heterocycles. The lowest BCUT2D eigenvalue weighted by Gasteiger charge is -2.06. The maximum absolute atomic E-state index is 5.87. The number of halogens is 1. The standard InChI is InChI=1S/C12H14ClN3OS/c1-2-5-17-12-6-11(15-8-16-12)14-7-9-3-4-10(13)18-9/h3-4,6,8H,2,5,7H2,1H3,(H,14,15,16). The monoisotopic (exact) mass is 283 g/mol. The molecule has 0 aliphatic carbocycles. The third-order valence-electron chi connectivity index (χ3n) is 2.17. The van der Waals surface area contributed by atoms with Crippen LogP contribution in [0.2, 0.25) is 4.34 Å². The van der Waals surface area contributed by atoms with Gasteiger partial charge in [-0.15, -0.1) is 11.3 Å². The second kappa shape index (κ2) is 6.56. The smallest absolute Gasteiger partial charge is 0.218 e. The van der Waals surface area contributed by atoms with Crippen LogP contribution in [0.15, 0.2) is 24.5 Å². The largest absolute Gasteiger partial charge is 0.478 e. The summed E-state index contributed by atoms with van der Waals surface area (Å²) in [5.74, 6) is 1.35. The van der Waals surface area contributed by atoms with Gasteiger partial charge < -0.3 is 10.1 Å². The van der Waals surface area contributed by atoms with Crippen molar-refractivity contribution in [2.45, 2.75) is 19.9 Å². The highest BCUT2D eigenvalue weighted by Crippen LogP contribution is 2.22.